The lowest BCUT2D eigenvalue weighted by Crippen LogP contribution is -2.46. The molecule has 0 unspecified atom stereocenters. The van der Waals surface area contributed by atoms with Crippen LogP contribution in [0.1, 0.15) is 12.0 Å². The Kier molecular flexibility index (Phi) is 5.75. The van der Waals surface area contributed by atoms with Crippen molar-refractivity contribution in [3.8, 4) is 0 Å². The lowest BCUT2D eigenvalue weighted by Gasteiger charge is -2.34. The SMILES string of the molecule is CS(=O)(=O)c1ccc(CN2CCN(CCCN)CC2)cc1. The van der Waals surface area contributed by atoms with Gasteiger partial charge >= 0.3 is 0 Å². The Morgan fingerprint density at radius 2 is 1.62 bits per heavy atom. The maximum absolute atomic E-state index is 11.4. The number of hydrogen-bond donors (Lipinski definition) is 1. The third-order valence-electron chi connectivity index (χ3n) is 3.90. The highest BCUT2D eigenvalue weighted by atomic mass is 32.2. The molecule has 0 saturated carbocycles. The van der Waals surface area contributed by atoms with E-state index in [1.807, 2.05) is 12.1 Å². The van der Waals surface area contributed by atoms with E-state index in [1.165, 1.54) is 6.26 Å². The van der Waals surface area contributed by atoms with Crippen LogP contribution in [0.2, 0.25) is 0 Å². The zero-order valence-corrected chi connectivity index (χ0v) is 13.5. The Morgan fingerprint density at radius 3 is 2.14 bits per heavy atom. The third kappa shape index (κ3) is 5.07. The Morgan fingerprint density at radius 1 is 1.05 bits per heavy atom. The van der Waals surface area contributed by atoms with Crippen LogP contribution in [-0.2, 0) is 16.4 Å². The van der Waals surface area contributed by atoms with Crippen LogP contribution in [-0.4, -0.2) is 63.7 Å². The second-order valence-electron chi connectivity index (χ2n) is 5.68. The van der Waals surface area contributed by atoms with Crippen molar-refractivity contribution in [1.29, 1.82) is 0 Å². The van der Waals surface area contributed by atoms with E-state index < -0.39 is 9.84 Å². The number of piperazine rings is 1. The van der Waals surface area contributed by atoms with Crippen molar-refractivity contribution in [1.82, 2.24) is 9.80 Å². The van der Waals surface area contributed by atoms with Crippen molar-refractivity contribution >= 4 is 9.84 Å². The number of benzene rings is 1. The molecule has 0 amide bonds. The monoisotopic (exact) mass is 311 g/mol. The topological polar surface area (TPSA) is 66.6 Å². The molecular formula is C15H25N3O2S. The van der Waals surface area contributed by atoms with Gasteiger partial charge in [-0.3, -0.25) is 4.90 Å². The van der Waals surface area contributed by atoms with E-state index >= 15 is 0 Å². The first kappa shape index (κ1) is 16.4. The molecule has 2 N–H and O–H groups in total. The molecule has 1 fully saturated rings. The Labute approximate surface area is 127 Å². The van der Waals surface area contributed by atoms with Crippen LogP contribution in [0.15, 0.2) is 29.2 Å². The summed E-state index contributed by atoms with van der Waals surface area (Å²) in [6.45, 7) is 7.01. The van der Waals surface area contributed by atoms with Gasteiger partial charge in [-0.25, -0.2) is 8.42 Å². The second-order valence-corrected chi connectivity index (χ2v) is 7.69. The van der Waals surface area contributed by atoms with Gasteiger partial charge in [-0.1, -0.05) is 12.1 Å². The fourth-order valence-corrected chi connectivity index (χ4v) is 3.22. The van der Waals surface area contributed by atoms with Crippen LogP contribution in [0.3, 0.4) is 0 Å². The summed E-state index contributed by atoms with van der Waals surface area (Å²) in [6.07, 6.45) is 2.30. The highest BCUT2D eigenvalue weighted by Crippen LogP contribution is 2.13. The van der Waals surface area contributed by atoms with Gasteiger partial charge in [-0.2, -0.15) is 0 Å². The number of rotatable bonds is 6. The van der Waals surface area contributed by atoms with Gasteiger partial charge in [0.2, 0.25) is 0 Å². The lowest BCUT2D eigenvalue weighted by molar-refractivity contribution is 0.127. The molecule has 1 aromatic carbocycles. The summed E-state index contributed by atoms with van der Waals surface area (Å²) >= 11 is 0. The van der Waals surface area contributed by atoms with Gasteiger partial charge in [-0.05, 0) is 37.2 Å². The molecule has 0 atom stereocenters. The first-order valence-electron chi connectivity index (χ1n) is 7.43. The Hall–Kier alpha value is -0.950. The summed E-state index contributed by atoms with van der Waals surface area (Å²) in [5.41, 5.74) is 6.70. The van der Waals surface area contributed by atoms with Crippen LogP contribution in [0, 0.1) is 0 Å². The molecule has 6 heteroatoms. The first-order chi connectivity index (χ1) is 9.99. The minimum absolute atomic E-state index is 0.387. The van der Waals surface area contributed by atoms with Gasteiger partial charge in [0.15, 0.2) is 9.84 Å². The fourth-order valence-electron chi connectivity index (χ4n) is 2.59. The molecule has 0 aromatic heterocycles. The molecule has 1 aliphatic rings. The number of sulfone groups is 1. The number of hydrogen-bond acceptors (Lipinski definition) is 5. The highest BCUT2D eigenvalue weighted by molar-refractivity contribution is 7.90. The van der Waals surface area contributed by atoms with Crippen molar-refractivity contribution < 1.29 is 8.42 Å². The molecule has 5 nitrogen and oxygen atoms in total. The maximum Gasteiger partial charge on any atom is 0.175 e. The summed E-state index contributed by atoms with van der Waals surface area (Å²) in [4.78, 5) is 5.25. The minimum atomic E-state index is -3.10. The van der Waals surface area contributed by atoms with Crippen molar-refractivity contribution in [2.24, 2.45) is 5.73 Å². The van der Waals surface area contributed by atoms with Crippen LogP contribution in [0.5, 0.6) is 0 Å². The van der Waals surface area contributed by atoms with E-state index in [-0.39, 0.29) is 0 Å². The summed E-state index contributed by atoms with van der Waals surface area (Å²) in [6, 6.07) is 7.22. The normalized spacial score (nSPS) is 18.0. The molecular weight excluding hydrogens is 286 g/mol. The summed E-state index contributed by atoms with van der Waals surface area (Å²) in [5.74, 6) is 0. The molecule has 2 rings (SSSR count). The smallest absolute Gasteiger partial charge is 0.175 e. The summed E-state index contributed by atoms with van der Waals surface area (Å²) < 4.78 is 22.9. The van der Waals surface area contributed by atoms with E-state index in [0.29, 0.717) is 4.90 Å². The molecule has 0 bridgehead atoms. The maximum atomic E-state index is 11.4. The minimum Gasteiger partial charge on any atom is -0.330 e. The van der Waals surface area contributed by atoms with Gasteiger partial charge in [-0.15, -0.1) is 0 Å². The molecule has 0 spiro atoms. The Bertz CT molecular complexity index is 535. The van der Waals surface area contributed by atoms with Crippen molar-refractivity contribution in [2.75, 3.05) is 45.5 Å². The molecule has 1 saturated heterocycles. The largest absolute Gasteiger partial charge is 0.330 e. The fraction of sp³-hybridized carbons (Fsp3) is 0.600. The van der Waals surface area contributed by atoms with E-state index in [1.54, 1.807) is 12.1 Å². The van der Waals surface area contributed by atoms with Gasteiger partial charge in [0.05, 0.1) is 4.90 Å². The van der Waals surface area contributed by atoms with Crippen LogP contribution < -0.4 is 5.73 Å². The first-order valence-corrected chi connectivity index (χ1v) is 9.32. The second kappa shape index (κ2) is 7.35. The third-order valence-corrected chi connectivity index (χ3v) is 5.03. The highest BCUT2D eigenvalue weighted by Gasteiger charge is 2.16. The lowest BCUT2D eigenvalue weighted by atomic mass is 10.2. The standard InChI is InChI=1S/C15H25N3O2S/c1-21(19,20)15-5-3-14(4-6-15)13-18-11-9-17(10-12-18)8-2-7-16/h3-6H,2,7-13,16H2,1H3. The zero-order chi connectivity index (χ0) is 15.3. The average Bonchev–Trinajstić information content (AvgIpc) is 2.46. The summed E-state index contributed by atoms with van der Waals surface area (Å²) in [5, 5.41) is 0. The molecule has 1 heterocycles. The van der Waals surface area contributed by atoms with E-state index in [0.717, 1.165) is 57.8 Å². The van der Waals surface area contributed by atoms with E-state index in [2.05, 4.69) is 9.80 Å². The van der Waals surface area contributed by atoms with Gasteiger partial charge in [0, 0.05) is 39.0 Å². The average molecular weight is 311 g/mol. The molecule has 1 aliphatic heterocycles. The number of nitrogens with zero attached hydrogens (tertiary/aromatic N) is 2. The van der Waals surface area contributed by atoms with Crippen molar-refractivity contribution in [3.05, 3.63) is 29.8 Å². The van der Waals surface area contributed by atoms with Crippen molar-refractivity contribution in [2.45, 2.75) is 17.9 Å². The van der Waals surface area contributed by atoms with E-state index in [4.69, 9.17) is 5.73 Å². The summed E-state index contributed by atoms with van der Waals surface area (Å²) in [7, 11) is -3.10. The van der Waals surface area contributed by atoms with Gasteiger partial charge in [0.1, 0.15) is 0 Å². The van der Waals surface area contributed by atoms with Gasteiger partial charge in [0.25, 0.3) is 0 Å². The van der Waals surface area contributed by atoms with Gasteiger partial charge < -0.3 is 10.6 Å². The van der Waals surface area contributed by atoms with E-state index in [9.17, 15) is 8.42 Å². The molecule has 1 aromatic rings. The molecule has 21 heavy (non-hydrogen) atoms. The Balaban J connectivity index is 1.83. The molecule has 0 radical (unpaired) electrons. The van der Waals surface area contributed by atoms with Crippen LogP contribution in [0.25, 0.3) is 0 Å². The molecule has 118 valence electrons. The number of nitrogens with two attached hydrogens (primary N) is 1. The zero-order valence-electron chi connectivity index (χ0n) is 12.7. The van der Waals surface area contributed by atoms with Crippen LogP contribution >= 0.6 is 0 Å². The van der Waals surface area contributed by atoms with Crippen LogP contribution in [0.4, 0.5) is 0 Å². The predicted octanol–water partition coefficient (Wildman–Crippen LogP) is 0.557. The van der Waals surface area contributed by atoms with Crippen molar-refractivity contribution in [3.63, 3.8) is 0 Å². The predicted molar refractivity (Wildman–Crippen MR) is 84.9 cm³/mol. The quantitative estimate of drug-likeness (QED) is 0.831. The molecule has 0 aliphatic carbocycles.